The predicted octanol–water partition coefficient (Wildman–Crippen LogP) is 12.4. The van der Waals surface area contributed by atoms with Gasteiger partial charge in [-0.05, 0) is 151 Å². The molecule has 0 radical (unpaired) electrons. The minimum Gasteiger partial charge on any atom is -0.256 e. The molecular formula is C56H44N2. The molecule has 0 spiro atoms. The molecule has 10 rings (SSSR count). The highest BCUT2D eigenvalue weighted by Gasteiger charge is 2.39. The van der Waals surface area contributed by atoms with E-state index < -0.39 is 0 Å². The number of fused-ring (bicyclic) bond motifs is 2. The zero-order valence-corrected chi connectivity index (χ0v) is 32.9. The minimum absolute atomic E-state index is 0.278. The van der Waals surface area contributed by atoms with Crippen molar-refractivity contribution in [1.29, 1.82) is 0 Å². The second kappa shape index (κ2) is 14.9. The smallest absolute Gasteiger partial charge is 0.0702 e. The lowest BCUT2D eigenvalue weighted by molar-refractivity contribution is 0.547. The SMILES string of the molecule is CC1C=CC(c2cc(-c3ccccc3)cc(-c3ccc4c(c3)=C(c3cccc(-c5ccccn5)c3)C3=CC=CCC3(C)C=4c3cccc(-c4ccccn4)c3)c2)=CC1. The van der Waals surface area contributed by atoms with Gasteiger partial charge in [0.05, 0.1) is 11.4 Å². The fraction of sp³-hybridized carbons (Fsp3) is 0.107. The van der Waals surface area contributed by atoms with E-state index in [4.69, 9.17) is 9.97 Å². The van der Waals surface area contributed by atoms with Gasteiger partial charge >= 0.3 is 0 Å². The van der Waals surface area contributed by atoms with Gasteiger partial charge < -0.3 is 0 Å². The van der Waals surface area contributed by atoms with Crippen molar-refractivity contribution in [3.05, 3.63) is 233 Å². The van der Waals surface area contributed by atoms with Gasteiger partial charge in [0.2, 0.25) is 0 Å². The molecule has 2 nitrogen and oxygen atoms in total. The first kappa shape index (κ1) is 35.5. The Hall–Kier alpha value is -6.90. The normalized spacial score (nSPS) is 18.3. The second-order valence-corrected chi connectivity index (χ2v) is 16.0. The summed E-state index contributed by atoms with van der Waals surface area (Å²) in [5.74, 6) is 0.552. The van der Waals surface area contributed by atoms with Crippen LogP contribution in [0, 0.1) is 11.3 Å². The topological polar surface area (TPSA) is 25.8 Å². The average Bonchev–Trinajstić information content (AvgIpc) is 3.29. The molecule has 0 saturated heterocycles. The van der Waals surface area contributed by atoms with Crippen LogP contribution in [0.4, 0.5) is 0 Å². The highest BCUT2D eigenvalue weighted by Crippen LogP contribution is 2.51. The second-order valence-electron chi connectivity index (χ2n) is 16.0. The van der Waals surface area contributed by atoms with Crippen LogP contribution in [-0.4, -0.2) is 9.97 Å². The summed E-state index contributed by atoms with van der Waals surface area (Å²) in [6.45, 7) is 4.72. The van der Waals surface area contributed by atoms with Gasteiger partial charge in [-0.15, -0.1) is 0 Å². The zero-order chi connectivity index (χ0) is 39.1. The van der Waals surface area contributed by atoms with Crippen molar-refractivity contribution in [2.45, 2.75) is 26.7 Å². The highest BCUT2D eigenvalue weighted by atomic mass is 14.7. The Morgan fingerprint density at radius 2 is 1.16 bits per heavy atom. The number of hydrogen-bond acceptors (Lipinski definition) is 2. The number of nitrogens with zero attached hydrogens (tertiary/aromatic N) is 2. The van der Waals surface area contributed by atoms with E-state index >= 15 is 0 Å². The number of pyridine rings is 2. The first-order valence-electron chi connectivity index (χ1n) is 20.4. The van der Waals surface area contributed by atoms with Crippen molar-refractivity contribution in [2.75, 3.05) is 0 Å². The Morgan fingerprint density at radius 1 is 0.534 bits per heavy atom. The van der Waals surface area contributed by atoms with Gasteiger partial charge in [-0.25, -0.2) is 0 Å². The van der Waals surface area contributed by atoms with Gasteiger partial charge in [-0.1, -0.05) is 141 Å². The summed E-state index contributed by atoms with van der Waals surface area (Å²) in [4.78, 5) is 9.48. The molecule has 2 heterocycles. The molecule has 0 aliphatic heterocycles. The molecule has 0 fully saturated rings. The average molecular weight is 745 g/mol. The van der Waals surface area contributed by atoms with E-state index in [9.17, 15) is 0 Å². The lowest BCUT2D eigenvalue weighted by Crippen LogP contribution is -2.42. The first-order valence-corrected chi connectivity index (χ1v) is 20.4. The maximum Gasteiger partial charge on any atom is 0.0702 e. The third-order valence-electron chi connectivity index (χ3n) is 12.1. The van der Waals surface area contributed by atoms with E-state index in [-0.39, 0.29) is 5.41 Å². The summed E-state index contributed by atoms with van der Waals surface area (Å²) in [5.41, 5.74) is 17.6. The fourth-order valence-electron chi connectivity index (χ4n) is 9.17. The van der Waals surface area contributed by atoms with Crippen molar-refractivity contribution >= 4 is 16.7 Å². The molecule has 3 aliphatic rings. The Kier molecular flexibility index (Phi) is 9.11. The van der Waals surface area contributed by atoms with E-state index in [1.165, 1.54) is 71.7 Å². The number of aromatic nitrogens is 2. The van der Waals surface area contributed by atoms with Crippen LogP contribution in [0.3, 0.4) is 0 Å². The summed E-state index contributed by atoms with van der Waals surface area (Å²) in [6.07, 6.45) is 19.7. The van der Waals surface area contributed by atoms with Crippen molar-refractivity contribution in [2.24, 2.45) is 11.3 Å². The van der Waals surface area contributed by atoms with Gasteiger partial charge in [-0.2, -0.15) is 0 Å². The molecule has 58 heavy (non-hydrogen) atoms. The predicted molar refractivity (Wildman–Crippen MR) is 242 cm³/mol. The lowest BCUT2D eigenvalue weighted by atomic mass is 9.62. The monoisotopic (exact) mass is 744 g/mol. The van der Waals surface area contributed by atoms with Crippen molar-refractivity contribution in [1.82, 2.24) is 9.97 Å². The molecule has 0 amide bonds. The van der Waals surface area contributed by atoms with Gasteiger partial charge in [0, 0.05) is 28.9 Å². The molecule has 278 valence electrons. The van der Waals surface area contributed by atoms with Crippen LogP contribution in [0.5, 0.6) is 0 Å². The molecule has 2 aromatic heterocycles. The standard InChI is InChI=1S/C56H44N2/c1-38-23-25-40(26-24-38)47-34-46(39-14-4-3-5-15-39)35-48(36-47)41-27-28-49-50(37-41)54(44-18-12-16-42(32-44)52-21-7-10-30-57-52)51-20-6-9-29-56(51,2)55(49)45-19-13-17-43(33-45)53-22-8-11-31-58-53/h3-23,25-28,30-38H,24,29H2,1-2H3. The Balaban J connectivity index is 1.27. The van der Waals surface area contributed by atoms with E-state index in [0.717, 1.165) is 35.4 Å². The van der Waals surface area contributed by atoms with Crippen LogP contribution in [0.2, 0.25) is 0 Å². The van der Waals surface area contributed by atoms with Crippen molar-refractivity contribution in [3.8, 4) is 44.8 Å². The van der Waals surface area contributed by atoms with E-state index in [1.807, 2.05) is 24.5 Å². The third-order valence-corrected chi connectivity index (χ3v) is 12.1. The van der Waals surface area contributed by atoms with Gasteiger partial charge in [0.15, 0.2) is 0 Å². The largest absolute Gasteiger partial charge is 0.256 e. The van der Waals surface area contributed by atoms with Crippen LogP contribution < -0.4 is 10.4 Å². The maximum absolute atomic E-state index is 4.74. The number of allylic oxidation sites excluding steroid dienone is 8. The van der Waals surface area contributed by atoms with Gasteiger partial charge in [0.25, 0.3) is 0 Å². The summed E-state index contributed by atoms with van der Waals surface area (Å²) < 4.78 is 0. The highest BCUT2D eigenvalue weighted by molar-refractivity contribution is 5.93. The summed E-state index contributed by atoms with van der Waals surface area (Å²) in [7, 11) is 0. The first-order chi connectivity index (χ1) is 28.5. The molecule has 0 saturated carbocycles. The Bertz CT molecular complexity index is 2950. The number of hydrogen-bond donors (Lipinski definition) is 0. The van der Waals surface area contributed by atoms with Crippen molar-refractivity contribution < 1.29 is 0 Å². The minimum atomic E-state index is -0.278. The van der Waals surface area contributed by atoms with Crippen LogP contribution in [0.15, 0.2) is 206 Å². The van der Waals surface area contributed by atoms with Crippen LogP contribution in [-0.2, 0) is 0 Å². The summed E-state index contributed by atoms with van der Waals surface area (Å²) in [6, 6.07) is 55.3. The Labute approximate surface area is 341 Å². The molecule has 7 aromatic rings. The summed E-state index contributed by atoms with van der Waals surface area (Å²) in [5, 5.41) is 2.51. The zero-order valence-electron chi connectivity index (χ0n) is 32.9. The van der Waals surface area contributed by atoms with Crippen LogP contribution in [0.1, 0.15) is 43.4 Å². The molecular weight excluding hydrogens is 701 g/mol. The van der Waals surface area contributed by atoms with Crippen LogP contribution >= 0.6 is 0 Å². The quantitative estimate of drug-likeness (QED) is 0.162. The molecule has 0 N–H and O–H groups in total. The molecule has 3 aliphatic carbocycles. The van der Waals surface area contributed by atoms with E-state index in [0.29, 0.717) is 5.92 Å². The number of benzene rings is 5. The molecule has 2 heteroatoms. The maximum atomic E-state index is 4.74. The van der Waals surface area contributed by atoms with E-state index in [1.54, 1.807) is 0 Å². The van der Waals surface area contributed by atoms with Crippen molar-refractivity contribution in [3.63, 3.8) is 0 Å². The fourth-order valence-corrected chi connectivity index (χ4v) is 9.17. The molecule has 5 aromatic carbocycles. The molecule has 2 atom stereocenters. The molecule has 0 bridgehead atoms. The van der Waals surface area contributed by atoms with Gasteiger partial charge in [-0.3, -0.25) is 9.97 Å². The lowest BCUT2D eigenvalue weighted by Gasteiger charge is -2.41. The van der Waals surface area contributed by atoms with Crippen LogP contribution in [0.25, 0.3) is 61.5 Å². The molecule has 2 unspecified atom stereocenters. The summed E-state index contributed by atoms with van der Waals surface area (Å²) >= 11 is 0. The van der Waals surface area contributed by atoms with Gasteiger partial charge in [0.1, 0.15) is 0 Å². The number of rotatable bonds is 7. The van der Waals surface area contributed by atoms with E-state index in [2.05, 4.69) is 190 Å². The third kappa shape index (κ3) is 6.51. The Morgan fingerprint density at radius 3 is 1.84 bits per heavy atom.